The van der Waals surface area contributed by atoms with E-state index in [1.165, 1.54) is 24.3 Å². The van der Waals surface area contributed by atoms with E-state index in [-0.39, 0.29) is 0 Å². The molecule has 18 heavy (non-hydrogen) atoms. The molecule has 0 saturated carbocycles. The molecular weight excluding hydrogens is 237 g/mol. The van der Waals surface area contributed by atoms with Crippen molar-refractivity contribution in [3.63, 3.8) is 0 Å². The van der Waals surface area contributed by atoms with Crippen LogP contribution in [0, 0.1) is 5.82 Å². The zero-order valence-corrected chi connectivity index (χ0v) is 10.2. The number of amides is 1. The zero-order valence-electron chi connectivity index (χ0n) is 10.2. The highest BCUT2D eigenvalue weighted by molar-refractivity contribution is 5.93. The van der Waals surface area contributed by atoms with Crippen LogP contribution in [0.1, 0.15) is 13.8 Å². The summed E-state index contributed by atoms with van der Waals surface area (Å²) in [5.41, 5.74) is 1.10. The predicted octanol–water partition coefficient (Wildman–Crippen LogP) is 2.27. The third-order valence-electron chi connectivity index (χ3n) is 1.86. The summed E-state index contributed by atoms with van der Waals surface area (Å²) in [4.78, 5) is 22.5. The summed E-state index contributed by atoms with van der Waals surface area (Å²) in [5, 5.41) is 2.41. The third-order valence-corrected chi connectivity index (χ3v) is 1.86. The molecule has 96 valence electrons. The molecule has 5 heteroatoms. The Hall–Kier alpha value is -2.17. The van der Waals surface area contributed by atoms with Gasteiger partial charge < -0.3 is 10.1 Å². The van der Waals surface area contributed by atoms with Crippen LogP contribution < -0.4 is 5.32 Å². The van der Waals surface area contributed by atoms with Gasteiger partial charge in [0.25, 0.3) is 5.91 Å². The highest BCUT2D eigenvalue weighted by atomic mass is 19.1. The molecule has 1 aromatic carbocycles. The number of ether oxygens (including phenoxy) is 1. The molecule has 0 radical (unpaired) electrons. The Morgan fingerprint density at radius 1 is 1.39 bits per heavy atom. The topological polar surface area (TPSA) is 55.4 Å². The van der Waals surface area contributed by atoms with E-state index >= 15 is 0 Å². The second kappa shape index (κ2) is 6.54. The molecule has 0 atom stereocenters. The molecule has 0 aromatic heterocycles. The summed E-state index contributed by atoms with van der Waals surface area (Å²) in [5.74, 6) is -1.55. The Kier molecular flexibility index (Phi) is 5.05. The maximum absolute atomic E-state index is 12.8. The van der Waals surface area contributed by atoms with Gasteiger partial charge >= 0.3 is 5.97 Å². The van der Waals surface area contributed by atoms with Gasteiger partial charge in [-0.3, -0.25) is 4.79 Å². The minimum Gasteiger partial charge on any atom is -0.452 e. The number of benzene rings is 1. The molecule has 0 spiro atoms. The number of esters is 1. The minimum atomic E-state index is -0.579. The van der Waals surface area contributed by atoms with E-state index < -0.39 is 24.3 Å². The molecule has 0 bridgehead atoms. The number of hydrogen-bond acceptors (Lipinski definition) is 3. The minimum absolute atomic E-state index is 0.318. The summed E-state index contributed by atoms with van der Waals surface area (Å²) in [6, 6.07) is 5.46. The first-order chi connectivity index (χ1) is 8.47. The molecule has 1 rings (SSSR count). The van der Waals surface area contributed by atoms with E-state index in [9.17, 15) is 14.0 Å². The average molecular weight is 251 g/mol. The predicted molar refractivity (Wildman–Crippen MR) is 65.4 cm³/mol. The van der Waals surface area contributed by atoms with Crippen LogP contribution in [-0.2, 0) is 14.3 Å². The fraction of sp³-hybridized carbons (Fsp3) is 0.231. The van der Waals surface area contributed by atoms with Gasteiger partial charge in [0.15, 0.2) is 6.61 Å². The third kappa shape index (κ3) is 5.25. The fourth-order valence-corrected chi connectivity index (χ4v) is 1.18. The highest BCUT2D eigenvalue weighted by Gasteiger charge is 2.06. The van der Waals surface area contributed by atoms with Crippen molar-refractivity contribution < 1.29 is 18.7 Å². The molecule has 0 aliphatic carbocycles. The summed E-state index contributed by atoms with van der Waals surface area (Å²) in [6.45, 7) is 3.08. The van der Waals surface area contributed by atoms with Crippen molar-refractivity contribution in [1.82, 2.24) is 0 Å². The summed E-state index contributed by atoms with van der Waals surface area (Å²) < 4.78 is 17.5. The van der Waals surface area contributed by atoms with Crippen LogP contribution in [0.4, 0.5) is 10.1 Å². The van der Waals surface area contributed by atoms with Crippen LogP contribution in [0.15, 0.2) is 35.9 Å². The summed E-state index contributed by atoms with van der Waals surface area (Å²) in [7, 11) is 0. The lowest BCUT2D eigenvalue weighted by atomic mass is 10.3. The van der Waals surface area contributed by atoms with E-state index in [1.54, 1.807) is 19.9 Å². The molecule has 1 N–H and O–H groups in total. The number of allylic oxidation sites excluding steroid dienone is 1. The van der Waals surface area contributed by atoms with E-state index in [4.69, 9.17) is 4.74 Å². The van der Waals surface area contributed by atoms with E-state index in [2.05, 4.69) is 5.32 Å². The maximum atomic E-state index is 12.8. The number of rotatable bonds is 4. The fourth-order valence-electron chi connectivity index (χ4n) is 1.18. The quantitative estimate of drug-likeness (QED) is 0.659. The van der Waals surface area contributed by atoms with Crippen LogP contribution in [0.2, 0.25) is 0 Å². The van der Waals surface area contributed by atoms with Crippen molar-refractivity contribution in [2.75, 3.05) is 11.9 Å². The van der Waals surface area contributed by atoms with Crippen LogP contribution in [0.5, 0.6) is 0 Å². The van der Waals surface area contributed by atoms with Crippen molar-refractivity contribution in [3.05, 3.63) is 41.7 Å². The normalized spacial score (nSPS) is 9.50. The number of carbonyl (C=O) groups is 2. The monoisotopic (exact) mass is 251 g/mol. The van der Waals surface area contributed by atoms with Gasteiger partial charge in [0.1, 0.15) is 5.82 Å². The zero-order chi connectivity index (χ0) is 13.5. The second-order valence-electron chi connectivity index (χ2n) is 3.89. The van der Waals surface area contributed by atoms with Gasteiger partial charge in [-0.15, -0.1) is 0 Å². The van der Waals surface area contributed by atoms with Gasteiger partial charge in [-0.1, -0.05) is 11.6 Å². The van der Waals surface area contributed by atoms with Gasteiger partial charge in [0, 0.05) is 11.8 Å². The number of carbonyl (C=O) groups excluding carboxylic acids is 2. The lowest BCUT2D eigenvalue weighted by Gasteiger charge is -2.05. The first-order valence-corrected chi connectivity index (χ1v) is 5.34. The Morgan fingerprint density at radius 3 is 2.72 bits per heavy atom. The van der Waals surface area contributed by atoms with Crippen LogP contribution in [0.3, 0.4) is 0 Å². The van der Waals surface area contributed by atoms with Crippen LogP contribution >= 0.6 is 0 Å². The molecule has 4 nitrogen and oxygen atoms in total. The van der Waals surface area contributed by atoms with Crippen molar-refractivity contribution in [2.24, 2.45) is 0 Å². The first kappa shape index (κ1) is 13.9. The summed E-state index contributed by atoms with van der Waals surface area (Å²) >= 11 is 0. The Bertz CT molecular complexity index is 479. The SMILES string of the molecule is CC(C)=CC(=O)OCC(=O)Nc1cccc(F)c1. The molecule has 0 fully saturated rings. The van der Waals surface area contributed by atoms with Crippen molar-refractivity contribution >= 4 is 17.6 Å². The molecule has 0 aliphatic rings. The largest absolute Gasteiger partial charge is 0.452 e. The Morgan fingerprint density at radius 2 is 2.11 bits per heavy atom. The molecule has 0 heterocycles. The van der Waals surface area contributed by atoms with Crippen LogP contribution in [-0.4, -0.2) is 18.5 Å². The lowest BCUT2D eigenvalue weighted by molar-refractivity contribution is -0.142. The van der Waals surface area contributed by atoms with Gasteiger partial charge in [-0.2, -0.15) is 0 Å². The smallest absolute Gasteiger partial charge is 0.331 e. The molecule has 1 amide bonds. The summed E-state index contributed by atoms with van der Waals surface area (Å²) in [6.07, 6.45) is 1.29. The van der Waals surface area contributed by atoms with Gasteiger partial charge in [0.2, 0.25) is 0 Å². The van der Waals surface area contributed by atoms with E-state index in [0.29, 0.717) is 5.69 Å². The number of anilines is 1. The Labute approximate surface area is 104 Å². The first-order valence-electron chi connectivity index (χ1n) is 5.34. The highest BCUT2D eigenvalue weighted by Crippen LogP contribution is 2.08. The van der Waals surface area contributed by atoms with Crippen molar-refractivity contribution in [1.29, 1.82) is 0 Å². The van der Waals surface area contributed by atoms with Crippen molar-refractivity contribution in [3.8, 4) is 0 Å². The van der Waals surface area contributed by atoms with E-state index in [0.717, 1.165) is 5.57 Å². The molecule has 0 saturated heterocycles. The van der Waals surface area contributed by atoms with Crippen LogP contribution in [0.25, 0.3) is 0 Å². The van der Waals surface area contributed by atoms with Gasteiger partial charge in [0.05, 0.1) is 0 Å². The second-order valence-corrected chi connectivity index (χ2v) is 3.89. The molecule has 0 unspecified atom stereocenters. The molecule has 1 aromatic rings. The number of halogens is 1. The number of hydrogen-bond donors (Lipinski definition) is 1. The van der Waals surface area contributed by atoms with E-state index in [1.807, 2.05) is 0 Å². The molecule has 0 aliphatic heterocycles. The average Bonchev–Trinajstić information content (AvgIpc) is 2.25. The molecular formula is C13H14FNO3. The maximum Gasteiger partial charge on any atom is 0.331 e. The number of nitrogens with one attached hydrogen (secondary N) is 1. The van der Waals surface area contributed by atoms with Gasteiger partial charge in [-0.05, 0) is 32.0 Å². The van der Waals surface area contributed by atoms with Crippen molar-refractivity contribution in [2.45, 2.75) is 13.8 Å². The Balaban J connectivity index is 2.43. The standard InChI is InChI=1S/C13H14FNO3/c1-9(2)6-13(17)18-8-12(16)15-11-5-3-4-10(14)7-11/h3-7H,8H2,1-2H3,(H,15,16). The van der Waals surface area contributed by atoms with Gasteiger partial charge in [-0.25, -0.2) is 9.18 Å². The lowest BCUT2D eigenvalue weighted by Crippen LogP contribution is -2.20.